The van der Waals surface area contributed by atoms with Crippen molar-refractivity contribution in [3.63, 3.8) is 0 Å². The van der Waals surface area contributed by atoms with Crippen molar-refractivity contribution in [2.75, 3.05) is 0 Å². The van der Waals surface area contributed by atoms with Gasteiger partial charge in [-0.25, -0.2) is 0 Å². The fourth-order valence-corrected chi connectivity index (χ4v) is 3.52. The van der Waals surface area contributed by atoms with Gasteiger partial charge < -0.3 is 5.32 Å². The van der Waals surface area contributed by atoms with Gasteiger partial charge in [0.1, 0.15) is 5.69 Å². The molecule has 2 aromatic carbocycles. The summed E-state index contributed by atoms with van der Waals surface area (Å²) < 4.78 is 1.25. The first-order chi connectivity index (χ1) is 12.5. The average molecular weight is 345 g/mol. The molecule has 1 aliphatic carbocycles. The van der Waals surface area contributed by atoms with Crippen LogP contribution in [0.5, 0.6) is 0 Å². The molecule has 130 valence electrons. The highest BCUT2D eigenvalue weighted by Crippen LogP contribution is 2.29. The van der Waals surface area contributed by atoms with E-state index in [0.717, 1.165) is 12.8 Å². The smallest absolute Gasteiger partial charge is 0.272 e. The van der Waals surface area contributed by atoms with Gasteiger partial charge >= 0.3 is 0 Å². The summed E-state index contributed by atoms with van der Waals surface area (Å²) in [6.07, 6.45) is 1.57. The number of benzene rings is 2. The minimum Gasteiger partial charge on any atom is -0.345 e. The SMILES string of the molecule is CC1(NC(=O)c2ccc(=O)n(-c3ccccc3)n2)Cc2ccccc2C1. The lowest BCUT2D eigenvalue weighted by molar-refractivity contribution is 0.0902. The zero-order valence-electron chi connectivity index (χ0n) is 14.5. The maximum atomic E-state index is 12.8. The molecule has 5 nitrogen and oxygen atoms in total. The highest BCUT2D eigenvalue weighted by atomic mass is 16.2. The number of nitrogens with zero attached hydrogens (tertiary/aromatic N) is 2. The largest absolute Gasteiger partial charge is 0.345 e. The van der Waals surface area contributed by atoms with Crippen LogP contribution in [0.25, 0.3) is 5.69 Å². The Kier molecular flexibility index (Phi) is 3.92. The summed E-state index contributed by atoms with van der Waals surface area (Å²) in [7, 11) is 0. The van der Waals surface area contributed by atoms with E-state index >= 15 is 0 Å². The van der Waals surface area contributed by atoms with Crippen LogP contribution in [0.2, 0.25) is 0 Å². The van der Waals surface area contributed by atoms with Crippen molar-refractivity contribution in [1.82, 2.24) is 15.1 Å². The molecular weight excluding hydrogens is 326 g/mol. The van der Waals surface area contributed by atoms with Gasteiger partial charge in [-0.15, -0.1) is 0 Å². The van der Waals surface area contributed by atoms with E-state index in [1.807, 2.05) is 37.3 Å². The van der Waals surface area contributed by atoms with Gasteiger partial charge in [-0.05, 0) is 49.1 Å². The van der Waals surface area contributed by atoms with E-state index < -0.39 is 0 Å². The van der Waals surface area contributed by atoms with E-state index in [0.29, 0.717) is 5.69 Å². The maximum absolute atomic E-state index is 12.8. The van der Waals surface area contributed by atoms with E-state index in [4.69, 9.17) is 0 Å². The molecule has 1 aliphatic rings. The van der Waals surface area contributed by atoms with Gasteiger partial charge in [-0.2, -0.15) is 9.78 Å². The lowest BCUT2D eigenvalue weighted by Gasteiger charge is -2.25. The van der Waals surface area contributed by atoms with Gasteiger partial charge in [-0.3, -0.25) is 9.59 Å². The highest BCUT2D eigenvalue weighted by molar-refractivity contribution is 5.92. The van der Waals surface area contributed by atoms with Crippen molar-refractivity contribution < 1.29 is 4.79 Å². The van der Waals surface area contributed by atoms with Crippen molar-refractivity contribution in [3.8, 4) is 5.69 Å². The summed E-state index contributed by atoms with van der Waals surface area (Å²) >= 11 is 0. The van der Waals surface area contributed by atoms with Gasteiger partial charge in [0.2, 0.25) is 0 Å². The van der Waals surface area contributed by atoms with Crippen LogP contribution in [0.15, 0.2) is 71.5 Å². The Bertz CT molecular complexity index is 1000. The van der Waals surface area contributed by atoms with Crippen LogP contribution in [0.1, 0.15) is 28.5 Å². The first-order valence-corrected chi connectivity index (χ1v) is 8.59. The van der Waals surface area contributed by atoms with E-state index in [1.54, 1.807) is 12.1 Å². The van der Waals surface area contributed by atoms with Gasteiger partial charge in [-0.1, -0.05) is 42.5 Å². The van der Waals surface area contributed by atoms with Crippen molar-refractivity contribution in [1.29, 1.82) is 0 Å². The number of para-hydroxylation sites is 1. The quantitative estimate of drug-likeness (QED) is 0.793. The Balaban J connectivity index is 1.59. The molecule has 0 bridgehead atoms. The van der Waals surface area contributed by atoms with Crippen molar-refractivity contribution in [2.24, 2.45) is 0 Å². The first kappa shape index (κ1) is 16.3. The van der Waals surface area contributed by atoms with Gasteiger partial charge in [0.15, 0.2) is 0 Å². The molecular formula is C21H19N3O2. The Morgan fingerprint density at radius 1 is 0.962 bits per heavy atom. The van der Waals surface area contributed by atoms with Crippen LogP contribution in [0.3, 0.4) is 0 Å². The number of nitrogens with one attached hydrogen (secondary N) is 1. The molecule has 0 radical (unpaired) electrons. The Morgan fingerprint density at radius 3 is 2.23 bits per heavy atom. The molecule has 0 atom stereocenters. The van der Waals surface area contributed by atoms with Crippen molar-refractivity contribution in [3.05, 3.63) is 93.9 Å². The van der Waals surface area contributed by atoms with Gasteiger partial charge in [0, 0.05) is 11.6 Å². The molecule has 3 aromatic rings. The third-order valence-corrected chi connectivity index (χ3v) is 4.73. The standard InChI is InChI=1S/C21H19N3O2/c1-21(13-15-7-5-6-8-16(15)14-21)22-20(26)18-11-12-19(25)24(23-18)17-9-3-2-4-10-17/h2-12H,13-14H2,1H3,(H,22,26). The van der Waals surface area contributed by atoms with Crippen molar-refractivity contribution >= 4 is 5.91 Å². The summed E-state index contributed by atoms with van der Waals surface area (Å²) in [5, 5.41) is 7.36. The number of carbonyl (C=O) groups excluding carboxylic acids is 1. The molecule has 0 saturated carbocycles. The van der Waals surface area contributed by atoms with Crippen LogP contribution in [-0.2, 0) is 12.8 Å². The van der Waals surface area contributed by atoms with Crippen LogP contribution < -0.4 is 10.9 Å². The second-order valence-corrected chi connectivity index (χ2v) is 6.94. The molecule has 1 heterocycles. The van der Waals surface area contributed by atoms with Gasteiger partial charge in [0.25, 0.3) is 11.5 Å². The molecule has 5 heteroatoms. The second-order valence-electron chi connectivity index (χ2n) is 6.94. The zero-order chi connectivity index (χ0) is 18.1. The van der Waals surface area contributed by atoms with E-state index in [2.05, 4.69) is 22.5 Å². The van der Waals surface area contributed by atoms with Crippen LogP contribution in [-0.4, -0.2) is 21.2 Å². The fourth-order valence-electron chi connectivity index (χ4n) is 3.52. The molecule has 0 aliphatic heterocycles. The topological polar surface area (TPSA) is 64.0 Å². The minimum absolute atomic E-state index is 0.227. The molecule has 0 spiro atoms. The van der Waals surface area contributed by atoms with E-state index in [-0.39, 0.29) is 22.7 Å². The Hall–Kier alpha value is -3.21. The molecule has 0 saturated heterocycles. The number of aromatic nitrogens is 2. The van der Waals surface area contributed by atoms with Gasteiger partial charge in [0.05, 0.1) is 5.69 Å². The Labute approximate surface area is 151 Å². The average Bonchev–Trinajstić information content (AvgIpc) is 2.98. The number of rotatable bonds is 3. The van der Waals surface area contributed by atoms with E-state index in [9.17, 15) is 9.59 Å². The molecule has 0 fully saturated rings. The molecule has 1 aromatic heterocycles. The van der Waals surface area contributed by atoms with E-state index in [1.165, 1.54) is 27.9 Å². The van der Waals surface area contributed by atoms with Crippen LogP contribution in [0.4, 0.5) is 0 Å². The lowest BCUT2D eigenvalue weighted by atomic mass is 9.98. The molecule has 0 unspecified atom stereocenters. The zero-order valence-corrected chi connectivity index (χ0v) is 14.5. The summed E-state index contributed by atoms with van der Waals surface area (Å²) in [6, 6.07) is 20.2. The van der Waals surface area contributed by atoms with Crippen LogP contribution in [0, 0.1) is 0 Å². The second kappa shape index (κ2) is 6.26. The highest BCUT2D eigenvalue weighted by Gasteiger charge is 2.34. The maximum Gasteiger partial charge on any atom is 0.272 e. The minimum atomic E-state index is -0.351. The predicted octanol–water partition coefficient (Wildman–Crippen LogP) is 2.52. The van der Waals surface area contributed by atoms with Crippen molar-refractivity contribution in [2.45, 2.75) is 25.3 Å². The summed E-state index contributed by atoms with van der Waals surface area (Å²) in [4.78, 5) is 24.9. The fraction of sp³-hybridized carbons (Fsp3) is 0.190. The molecule has 4 rings (SSSR count). The molecule has 26 heavy (non-hydrogen) atoms. The number of fused-ring (bicyclic) bond motifs is 1. The summed E-state index contributed by atoms with van der Waals surface area (Å²) in [5.41, 5.74) is 2.76. The number of amides is 1. The normalized spacial score (nSPS) is 14.7. The number of hydrogen-bond acceptors (Lipinski definition) is 3. The molecule has 1 N–H and O–H groups in total. The molecule has 1 amide bonds. The Morgan fingerprint density at radius 2 is 1.58 bits per heavy atom. The monoisotopic (exact) mass is 345 g/mol. The summed E-state index contributed by atoms with van der Waals surface area (Å²) in [5.74, 6) is -0.273. The number of carbonyl (C=O) groups is 1. The summed E-state index contributed by atoms with van der Waals surface area (Å²) in [6.45, 7) is 2.04. The first-order valence-electron chi connectivity index (χ1n) is 8.59. The van der Waals surface area contributed by atoms with Crippen LogP contribution >= 0.6 is 0 Å². The number of hydrogen-bond donors (Lipinski definition) is 1. The lowest BCUT2D eigenvalue weighted by Crippen LogP contribution is -2.47. The third kappa shape index (κ3) is 3.04. The third-order valence-electron chi connectivity index (χ3n) is 4.73. The predicted molar refractivity (Wildman–Crippen MR) is 99.6 cm³/mol.